The Morgan fingerprint density at radius 3 is 2.23 bits per heavy atom. The Morgan fingerprint density at radius 2 is 1.55 bits per heavy atom. The Balaban J connectivity index is 1.49. The van der Waals surface area contributed by atoms with Crippen LogP contribution in [-0.2, 0) is 9.59 Å². The quantitative estimate of drug-likeness (QED) is 0.492. The molecule has 3 N–H and O–H groups in total. The van der Waals surface area contributed by atoms with Crippen molar-refractivity contribution in [1.29, 1.82) is 0 Å². The first kappa shape index (κ1) is 20.5. The third-order valence-corrected chi connectivity index (χ3v) is 5.14. The minimum absolute atomic E-state index is 0.0699. The molecule has 3 aromatic carbocycles. The van der Waals surface area contributed by atoms with Gasteiger partial charge in [-0.25, -0.2) is 0 Å². The predicted octanol–water partition coefficient (Wildman–Crippen LogP) is 4.84. The van der Waals surface area contributed by atoms with E-state index in [1.165, 1.54) is 0 Å². The SMILES string of the molecule is COc1cccc(NC(=O)C(Nc2ccc(NC(=O)C3CC3)cc2)c2ccccc2)c1. The number of anilines is 3. The maximum absolute atomic E-state index is 13.1. The molecule has 0 spiro atoms. The summed E-state index contributed by atoms with van der Waals surface area (Å²) >= 11 is 0. The molecule has 1 unspecified atom stereocenters. The molecule has 1 aliphatic rings. The molecule has 3 aromatic rings. The topological polar surface area (TPSA) is 79.5 Å². The minimum Gasteiger partial charge on any atom is -0.497 e. The van der Waals surface area contributed by atoms with E-state index in [-0.39, 0.29) is 17.7 Å². The zero-order valence-corrected chi connectivity index (χ0v) is 17.3. The highest BCUT2D eigenvalue weighted by atomic mass is 16.5. The van der Waals surface area contributed by atoms with Crippen LogP contribution in [-0.4, -0.2) is 18.9 Å². The van der Waals surface area contributed by atoms with Gasteiger partial charge in [-0.15, -0.1) is 0 Å². The van der Waals surface area contributed by atoms with E-state index in [0.717, 1.165) is 29.8 Å². The predicted molar refractivity (Wildman–Crippen MR) is 122 cm³/mol. The second-order valence-corrected chi connectivity index (χ2v) is 7.55. The van der Waals surface area contributed by atoms with E-state index in [1.54, 1.807) is 13.2 Å². The van der Waals surface area contributed by atoms with Crippen molar-refractivity contribution in [2.75, 3.05) is 23.1 Å². The van der Waals surface area contributed by atoms with Gasteiger partial charge in [0.2, 0.25) is 5.91 Å². The normalized spacial score (nSPS) is 13.7. The van der Waals surface area contributed by atoms with Gasteiger partial charge in [0, 0.05) is 29.0 Å². The van der Waals surface area contributed by atoms with Crippen molar-refractivity contribution in [2.45, 2.75) is 18.9 Å². The summed E-state index contributed by atoms with van der Waals surface area (Å²) in [5, 5.41) is 9.18. The number of hydrogen-bond acceptors (Lipinski definition) is 4. The Kier molecular flexibility index (Phi) is 6.17. The lowest BCUT2D eigenvalue weighted by Gasteiger charge is -2.20. The maximum atomic E-state index is 13.1. The zero-order chi connectivity index (χ0) is 21.6. The van der Waals surface area contributed by atoms with Crippen molar-refractivity contribution in [3.05, 3.63) is 84.4 Å². The monoisotopic (exact) mass is 415 g/mol. The summed E-state index contributed by atoms with van der Waals surface area (Å²) in [6, 6.07) is 23.6. The highest BCUT2D eigenvalue weighted by Crippen LogP contribution is 2.30. The van der Waals surface area contributed by atoms with Crippen LogP contribution < -0.4 is 20.7 Å². The van der Waals surface area contributed by atoms with E-state index in [9.17, 15) is 9.59 Å². The standard InChI is InChI=1S/C25H25N3O3/c1-31-22-9-5-8-21(16-22)28-25(30)23(17-6-3-2-4-7-17)26-19-12-14-20(15-13-19)27-24(29)18-10-11-18/h2-9,12-16,18,23,26H,10-11H2,1H3,(H,27,29)(H,28,30). The summed E-state index contributed by atoms with van der Waals surface area (Å²) in [5.74, 6) is 0.706. The highest BCUT2D eigenvalue weighted by Gasteiger charge is 2.29. The van der Waals surface area contributed by atoms with Gasteiger partial charge in [0.25, 0.3) is 5.91 Å². The summed E-state index contributed by atoms with van der Waals surface area (Å²) in [4.78, 5) is 25.1. The maximum Gasteiger partial charge on any atom is 0.251 e. The number of methoxy groups -OCH3 is 1. The second kappa shape index (κ2) is 9.34. The first-order valence-corrected chi connectivity index (χ1v) is 10.3. The van der Waals surface area contributed by atoms with E-state index in [4.69, 9.17) is 4.74 Å². The van der Waals surface area contributed by atoms with Crippen molar-refractivity contribution in [3.8, 4) is 5.75 Å². The number of amides is 2. The molecule has 158 valence electrons. The molecule has 0 aromatic heterocycles. The van der Waals surface area contributed by atoms with Crippen LogP contribution in [0.4, 0.5) is 17.1 Å². The summed E-state index contributed by atoms with van der Waals surface area (Å²) in [6.45, 7) is 0. The van der Waals surface area contributed by atoms with Crippen LogP contribution in [0.2, 0.25) is 0 Å². The zero-order valence-electron chi connectivity index (χ0n) is 17.3. The number of benzene rings is 3. The third kappa shape index (κ3) is 5.42. The van der Waals surface area contributed by atoms with E-state index in [0.29, 0.717) is 11.4 Å². The molecule has 0 aliphatic heterocycles. The van der Waals surface area contributed by atoms with E-state index < -0.39 is 6.04 Å². The van der Waals surface area contributed by atoms with Crippen LogP contribution in [0.1, 0.15) is 24.4 Å². The molecule has 0 bridgehead atoms. The van der Waals surface area contributed by atoms with Crippen LogP contribution >= 0.6 is 0 Å². The summed E-state index contributed by atoms with van der Waals surface area (Å²) in [6.07, 6.45) is 1.93. The molecule has 1 saturated carbocycles. The largest absolute Gasteiger partial charge is 0.497 e. The molecule has 0 saturated heterocycles. The van der Waals surface area contributed by atoms with Crippen molar-refractivity contribution in [2.24, 2.45) is 5.92 Å². The van der Waals surface area contributed by atoms with Gasteiger partial charge in [-0.1, -0.05) is 36.4 Å². The molecule has 6 nitrogen and oxygen atoms in total. The number of carbonyl (C=O) groups excluding carboxylic acids is 2. The molecule has 2 amide bonds. The lowest BCUT2D eigenvalue weighted by Crippen LogP contribution is -2.27. The summed E-state index contributed by atoms with van der Waals surface area (Å²) in [7, 11) is 1.59. The molecular weight excluding hydrogens is 390 g/mol. The van der Waals surface area contributed by atoms with Gasteiger partial charge in [-0.05, 0) is 54.8 Å². The first-order valence-electron chi connectivity index (χ1n) is 10.3. The lowest BCUT2D eigenvalue weighted by atomic mass is 10.1. The fourth-order valence-electron chi connectivity index (χ4n) is 3.27. The average molecular weight is 415 g/mol. The molecule has 6 heteroatoms. The smallest absolute Gasteiger partial charge is 0.251 e. The van der Waals surface area contributed by atoms with Gasteiger partial charge in [-0.2, -0.15) is 0 Å². The molecule has 31 heavy (non-hydrogen) atoms. The molecule has 1 atom stereocenters. The summed E-state index contributed by atoms with van der Waals surface area (Å²) < 4.78 is 5.24. The van der Waals surface area contributed by atoms with Gasteiger partial charge in [0.05, 0.1) is 7.11 Å². The Labute approximate surface area is 181 Å². The van der Waals surface area contributed by atoms with Crippen LogP contribution in [0.3, 0.4) is 0 Å². The van der Waals surface area contributed by atoms with Crippen LogP contribution in [0.5, 0.6) is 5.75 Å². The Morgan fingerprint density at radius 1 is 0.839 bits per heavy atom. The molecule has 0 heterocycles. The fraction of sp³-hybridized carbons (Fsp3) is 0.200. The van der Waals surface area contributed by atoms with Crippen molar-refractivity contribution in [1.82, 2.24) is 0 Å². The molecule has 0 radical (unpaired) electrons. The van der Waals surface area contributed by atoms with Gasteiger partial charge >= 0.3 is 0 Å². The van der Waals surface area contributed by atoms with Crippen molar-refractivity contribution >= 4 is 28.9 Å². The minimum atomic E-state index is -0.598. The van der Waals surface area contributed by atoms with E-state index >= 15 is 0 Å². The van der Waals surface area contributed by atoms with E-state index in [2.05, 4.69) is 16.0 Å². The number of ether oxygens (including phenoxy) is 1. The van der Waals surface area contributed by atoms with Crippen LogP contribution in [0.15, 0.2) is 78.9 Å². The molecule has 1 fully saturated rings. The highest BCUT2D eigenvalue weighted by molar-refractivity contribution is 5.97. The summed E-state index contributed by atoms with van der Waals surface area (Å²) in [5.41, 5.74) is 3.03. The molecule has 1 aliphatic carbocycles. The Bertz CT molecular complexity index is 1050. The van der Waals surface area contributed by atoms with Gasteiger partial charge < -0.3 is 20.7 Å². The van der Waals surface area contributed by atoms with Crippen molar-refractivity contribution in [3.63, 3.8) is 0 Å². The number of nitrogens with one attached hydrogen (secondary N) is 3. The van der Waals surface area contributed by atoms with E-state index in [1.807, 2.05) is 72.8 Å². The second-order valence-electron chi connectivity index (χ2n) is 7.55. The van der Waals surface area contributed by atoms with Crippen LogP contribution in [0.25, 0.3) is 0 Å². The fourth-order valence-corrected chi connectivity index (χ4v) is 3.27. The number of carbonyl (C=O) groups is 2. The lowest BCUT2D eigenvalue weighted by molar-refractivity contribution is -0.118. The molecular formula is C25H25N3O3. The van der Waals surface area contributed by atoms with Gasteiger partial charge in [0.1, 0.15) is 11.8 Å². The Hall–Kier alpha value is -3.80. The van der Waals surface area contributed by atoms with Gasteiger partial charge in [0.15, 0.2) is 0 Å². The molecule has 4 rings (SSSR count). The number of rotatable bonds is 8. The van der Waals surface area contributed by atoms with Gasteiger partial charge in [-0.3, -0.25) is 9.59 Å². The third-order valence-electron chi connectivity index (χ3n) is 5.14. The first-order chi connectivity index (χ1) is 15.1. The van der Waals surface area contributed by atoms with Crippen molar-refractivity contribution < 1.29 is 14.3 Å². The van der Waals surface area contributed by atoms with Crippen LogP contribution in [0, 0.1) is 5.92 Å². The number of hydrogen-bond donors (Lipinski definition) is 3. The average Bonchev–Trinajstić information content (AvgIpc) is 3.65.